The van der Waals surface area contributed by atoms with Crippen LogP contribution in [0, 0.1) is 0 Å². The summed E-state index contributed by atoms with van der Waals surface area (Å²) in [5.74, 6) is 0.646. The Bertz CT molecular complexity index is 926. The molecule has 0 unspecified atom stereocenters. The van der Waals surface area contributed by atoms with Crippen LogP contribution < -0.4 is 5.32 Å². The highest BCUT2D eigenvalue weighted by atomic mass is 32.2. The van der Waals surface area contributed by atoms with Crippen molar-refractivity contribution in [1.29, 1.82) is 0 Å². The summed E-state index contributed by atoms with van der Waals surface area (Å²) in [4.78, 5) is 21.1. The first-order valence-corrected chi connectivity index (χ1v) is 8.76. The second kappa shape index (κ2) is 8.31. The van der Waals surface area contributed by atoms with E-state index in [2.05, 4.69) is 21.9 Å². The molecule has 1 heterocycles. The number of hydrogen-bond donors (Lipinski definition) is 2. The average molecular weight is 363 g/mol. The van der Waals surface area contributed by atoms with Crippen LogP contribution in [0.3, 0.4) is 0 Å². The van der Waals surface area contributed by atoms with Crippen molar-refractivity contribution in [3.8, 4) is 5.75 Å². The van der Waals surface area contributed by atoms with Crippen molar-refractivity contribution in [2.45, 2.75) is 16.3 Å². The van der Waals surface area contributed by atoms with Gasteiger partial charge in [-0.1, -0.05) is 36.5 Å². The number of carbonyl (C=O) groups excluding carboxylic acids is 1. The molecule has 6 heteroatoms. The number of phenolic OH excluding ortho intramolecular Hbond substituents is 1. The van der Waals surface area contributed by atoms with Gasteiger partial charge in [0.15, 0.2) is 0 Å². The third-order valence-electron chi connectivity index (χ3n) is 3.55. The fourth-order valence-electron chi connectivity index (χ4n) is 2.27. The Labute approximate surface area is 155 Å². The number of phenols is 1. The minimum absolute atomic E-state index is 0.241. The quantitative estimate of drug-likeness (QED) is 0.510. The molecule has 2 N–H and O–H groups in total. The number of aromatic hydroxyl groups is 1. The summed E-state index contributed by atoms with van der Waals surface area (Å²) in [6.45, 7) is 3.43. The zero-order chi connectivity index (χ0) is 18.4. The number of nitrogens with one attached hydrogen (secondary N) is 1. The summed E-state index contributed by atoms with van der Waals surface area (Å²) in [6.07, 6.45) is 3.41. The predicted molar refractivity (Wildman–Crippen MR) is 102 cm³/mol. The summed E-state index contributed by atoms with van der Waals surface area (Å²) in [6, 6.07) is 16.5. The first-order valence-electron chi connectivity index (χ1n) is 7.94. The number of amides is 1. The Balaban J connectivity index is 1.69. The maximum atomic E-state index is 11.3. The molecule has 0 fully saturated rings. The molecule has 2 aromatic carbocycles. The van der Waals surface area contributed by atoms with Gasteiger partial charge in [-0.25, -0.2) is 9.97 Å². The van der Waals surface area contributed by atoms with E-state index in [1.165, 1.54) is 17.8 Å². The highest BCUT2D eigenvalue weighted by Crippen LogP contribution is 2.27. The Morgan fingerprint density at radius 1 is 1.15 bits per heavy atom. The van der Waals surface area contributed by atoms with Gasteiger partial charge in [-0.2, -0.15) is 0 Å². The molecule has 0 aliphatic heterocycles. The molecule has 0 bridgehead atoms. The van der Waals surface area contributed by atoms with Crippen LogP contribution in [0.15, 0.2) is 83.4 Å². The van der Waals surface area contributed by atoms with Gasteiger partial charge < -0.3 is 10.4 Å². The predicted octanol–water partition coefficient (Wildman–Crippen LogP) is 4.05. The van der Waals surface area contributed by atoms with E-state index in [9.17, 15) is 9.90 Å². The fraction of sp³-hybridized carbons (Fsp3) is 0.0500. The smallest absolute Gasteiger partial charge is 0.247 e. The van der Waals surface area contributed by atoms with Crippen molar-refractivity contribution in [3.63, 3.8) is 0 Å². The van der Waals surface area contributed by atoms with Crippen LogP contribution in [-0.4, -0.2) is 21.0 Å². The molecule has 3 aromatic rings. The van der Waals surface area contributed by atoms with E-state index >= 15 is 0 Å². The lowest BCUT2D eigenvalue weighted by atomic mass is 10.1. The Morgan fingerprint density at radius 2 is 1.92 bits per heavy atom. The monoisotopic (exact) mass is 363 g/mol. The molecule has 0 atom stereocenters. The number of para-hydroxylation sites is 1. The van der Waals surface area contributed by atoms with E-state index in [1.54, 1.807) is 18.3 Å². The molecule has 0 saturated carbocycles. The molecular formula is C20H17N3O2S. The highest BCUT2D eigenvalue weighted by Gasteiger charge is 2.06. The molecule has 3 rings (SSSR count). The number of rotatable bonds is 6. The van der Waals surface area contributed by atoms with Crippen LogP contribution in [0.2, 0.25) is 0 Å². The van der Waals surface area contributed by atoms with Crippen molar-refractivity contribution in [2.24, 2.45) is 0 Å². The van der Waals surface area contributed by atoms with Crippen molar-refractivity contribution in [3.05, 3.63) is 84.8 Å². The number of anilines is 1. The maximum absolute atomic E-state index is 11.3. The average Bonchev–Trinajstić information content (AvgIpc) is 2.65. The summed E-state index contributed by atoms with van der Waals surface area (Å²) in [5.41, 5.74) is 1.50. The number of carbonyl (C=O) groups is 1. The number of benzene rings is 2. The van der Waals surface area contributed by atoms with Crippen molar-refractivity contribution < 1.29 is 9.90 Å². The number of aromatic nitrogens is 2. The molecule has 0 radical (unpaired) electrons. The van der Waals surface area contributed by atoms with E-state index < -0.39 is 0 Å². The molecule has 0 aliphatic rings. The number of nitrogens with zero attached hydrogens (tertiary/aromatic N) is 2. The zero-order valence-corrected chi connectivity index (χ0v) is 14.7. The molecule has 1 amide bonds. The normalized spacial score (nSPS) is 10.3. The molecule has 0 saturated heterocycles. The molecule has 1 aromatic heterocycles. The highest BCUT2D eigenvalue weighted by molar-refractivity contribution is 7.99. The second-order valence-corrected chi connectivity index (χ2v) is 6.53. The van der Waals surface area contributed by atoms with Gasteiger partial charge >= 0.3 is 0 Å². The first-order chi connectivity index (χ1) is 12.6. The van der Waals surface area contributed by atoms with Crippen LogP contribution >= 0.6 is 11.8 Å². The third kappa shape index (κ3) is 4.70. The van der Waals surface area contributed by atoms with Gasteiger partial charge in [0.25, 0.3) is 0 Å². The van der Waals surface area contributed by atoms with Crippen LogP contribution in [0.25, 0.3) is 0 Å². The van der Waals surface area contributed by atoms with Crippen molar-refractivity contribution in [1.82, 2.24) is 9.97 Å². The molecule has 130 valence electrons. The summed E-state index contributed by atoms with van der Waals surface area (Å²) < 4.78 is 0. The van der Waals surface area contributed by atoms with Crippen LogP contribution in [0.1, 0.15) is 11.4 Å². The zero-order valence-electron chi connectivity index (χ0n) is 13.9. The molecule has 26 heavy (non-hydrogen) atoms. The second-order valence-electron chi connectivity index (χ2n) is 5.44. The SMILES string of the molecule is C=CC(=O)Nc1ccc(Sc2ccnc(Cc3ccccc3O)n2)cc1. The van der Waals surface area contributed by atoms with E-state index in [0.717, 1.165) is 15.5 Å². The van der Waals surface area contributed by atoms with Crippen LogP contribution in [0.5, 0.6) is 5.75 Å². The van der Waals surface area contributed by atoms with E-state index in [4.69, 9.17) is 0 Å². The van der Waals surface area contributed by atoms with E-state index in [-0.39, 0.29) is 11.7 Å². The maximum Gasteiger partial charge on any atom is 0.247 e. The topological polar surface area (TPSA) is 75.1 Å². The van der Waals surface area contributed by atoms with Gasteiger partial charge in [-0.3, -0.25) is 4.79 Å². The van der Waals surface area contributed by atoms with Gasteiger partial charge in [0.1, 0.15) is 16.6 Å². The largest absolute Gasteiger partial charge is 0.508 e. The standard InChI is InChI=1S/C20H17N3O2S/c1-2-19(25)22-15-7-9-16(10-8-15)26-20-11-12-21-18(23-20)13-14-5-3-4-6-17(14)24/h2-12,24H,1,13H2,(H,22,25). The lowest BCUT2D eigenvalue weighted by Crippen LogP contribution is -2.06. The van der Waals surface area contributed by atoms with Crippen molar-refractivity contribution in [2.75, 3.05) is 5.32 Å². The van der Waals surface area contributed by atoms with Gasteiger partial charge in [0, 0.05) is 28.8 Å². The third-order valence-corrected chi connectivity index (χ3v) is 4.49. The van der Waals surface area contributed by atoms with Gasteiger partial charge in [-0.05, 0) is 42.5 Å². The van der Waals surface area contributed by atoms with Gasteiger partial charge in [0.05, 0.1) is 0 Å². The van der Waals surface area contributed by atoms with Crippen LogP contribution in [0.4, 0.5) is 5.69 Å². The minimum atomic E-state index is -0.241. The summed E-state index contributed by atoms with van der Waals surface area (Å²) >= 11 is 1.50. The van der Waals surface area contributed by atoms with Crippen molar-refractivity contribution >= 4 is 23.4 Å². The Hall–Kier alpha value is -3.12. The summed E-state index contributed by atoms with van der Waals surface area (Å²) in [7, 11) is 0. The molecule has 5 nitrogen and oxygen atoms in total. The fourth-order valence-corrected chi connectivity index (χ4v) is 3.07. The van der Waals surface area contributed by atoms with Gasteiger partial charge in [0.2, 0.25) is 5.91 Å². The summed E-state index contributed by atoms with van der Waals surface area (Å²) in [5, 5.41) is 13.4. The Morgan fingerprint density at radius 3 is 2.65 bits per heavy atom. The van der Waals surface area contributed by atoms with E-state index in [1.807, 2.05) is 42.5 Å². The Kier molecular flexibility index (Phi) is 5.66. The first kappa shape index (κ1) is 17.7. The molecule has 0 aliphatic carbocycles. The minimum Gasteiger partial charge on any atom is -0.508 e. The lowest BCUT2D eigenvalue weighted by molar-refractivity contribution is -0.111. The molecular weight excluding hydrogens is 346 g/mol. The van der Waals surface area contributed by atoms with Gasteiger partial charge in [-0.15, -0.1) is 0 Å². The van der Waals surface area contributed by atoms with Crippen LogP contribution in [-0.2, 0) is 11.2 Å². The van der Waals surface area contributed by atoms with E-state index in [0.29, 0.717) is 17.9 Å². The number of hydrogen-bond acceptors (Lipinski definition) is 5. The lowest BCUT2D eigenvalue weighted by Gasteiger charge is -2.06. The molecule has 0 spiro atoms.